The zero-order valence-electron chi connectivity index (χ0n) is 8.12. The number of benzene rings is 1. The van der Waals surface area contributed by atoms with Gasteiger partial charge in [0, 0.05) is 0 Å². The number of rotatable bonds is 3. The van der Waals surface area contributed by atoms with Crippen LogP contribution >= 0.6 is 11.6 Å². The van der Waals surface area contributed by atoms with Crippen molar-refractivity contribution < 1.29 is 4.74 Å². The number of nitrogens with zero attached hydrogens (tertiary/aromatic N) is 1. The van der Waals surface area contributed by atoms with Crippen molar-refractivity contribution in [2.24, 2.45) is 0 Å². The Labute approximate surface area is 84.1 Å². The van der Waals surface area contributed by atoms with E-state index in [2.05, 4.69) is 0 Å². The molecule has 0 aliphatic rings. The smallest absolute Gasteiger partial charge is 0.119 e. The second-order valence-corrected chi connectivity index (χ2v) is 3.49. The highest BCUT2D eigenvalue weighted by molar-refractivity contribution is 6.20. The molecule has 0 radical (unpaired) electrons. The summed E-state index contributed by atoms with van der Waals surface area (Å²) >= 11 is 6.14. The number of methoxy groups -OCH3 is 1. The molecule has 0 aliphatic heterocycles. The average Bonchev–Trinajstić information content (AvgIpc) is 2.16. The number of halogens is 1. The number of alkyl halides is 1. The third-order valence-corrected chi connectivity index (χ3v) is 2.46. The lowest BCUT2D eigenvalue weighted by Gasteiger charge is -2.18. The lowest BCUT2D eigenvalue weighted by molar-refractivity contribution is 0.380. The third kappa shape index (κ3) is 2.61. The Hall–Kier alpha value is -0.730. The Balaban J connectivity index is 2.88. The van der Waals surface area contributed by atoms with E-state index in [0.717, 1.165) is 11.3 Å². The van der Waals surface area contributed by atoms with Gasteiger partial charge in [0.2, 0.25) is 0 Å². The van der Waals surface area contributed by atoms with Gasteiger partial charge in [0.1, 0.15) is 11.3 Å². The molecule has 13 heavy (non-hydrogen) atoms. The molecule has 1 rings (SSSR count). The highest BCUT2D eigenvalue weighted by atomic mass is 35.5. The van der Waals surface area contributed by atoms with Gasteiger partial charge in [-0.3, -0.25) is 4.90 Å². The van der Waals surface area contributed by atoms with Gasteiger partial charge in [-0.1, -0.05) is 12.1 Å². The average molecular weight is 200 g/mol. The predicted molar refractivity (Wildman–Crippen MR) is 55.3 cm³/mol. The van der Waals surface area contributed by atoms with Gasteiger partial charge in [-0.2, -0.15) is 0 Å². The van der Waals surface area contributed by atoms with E-state index in [9.17, 15) is 0 Å². The van der Waals surface area contributed by atoms with E-state index in [0.29, 0.717) is 0 Å². The highest BCUT2D eigenvalue weighted by Crippen LogP contribution is 2.25. The maximum absolute atomic E-state index is 6.14. The highest BCUT2D eigenvalue weighted by Gasteiger charge is 2.09. The Morgan fingerprint density at radius 2 is 2.08 bits per heavy atom. The zero-order valence-corrected chi connectivity index (χ0v) is 8.88. The standard InChI is InChI=1S/C10H14ClNO/c1-12(2)10(11)8-5-4-6-9(7-8)13-3/h4-7,10H,1-3H3. The summed E-state index contributed by atoms with van der Waals surface area (Å²) in [4.78, 5) is 1.94. The van der Waals surface area contributed by atoms with Crippen LogP contribution in [0.2, 0.25) is 0 Å². The number of ether oxygens (including phenoxy) is 1. The molecule has 0 saturated heterocycles. The summed E-state index contributed by atoms with van der Waals surface area (Å²) in [6.45, 7) is 0. The topological polar surface area (TPSA) is 12.5 Å². The van der Waals surface area contributed by atoms with Crippen molar-refractivity contribution in [3.8, 4) is 5.75 Å². The molecule has 0 aliphatic carbocycles. The van der Waals surface area contributed by atoms with E-state index in [1.165, 1.54) is 0 Å². The summed E-state index contributed by atoms with van der Waals surface area (Å²) in [6, 6.07) is 7.77. The second kappa shape index (κ2) is 4.49. The molecule has 2 nitrogen and oxygen atoms in total. The largest absolute Gasteiger partial charge is 0.497 e. The van der Waals surface area contributed by atoms with Crippen molar-refractivity contribution in [2.75, 3.05) is 21.2 Å². The van der Waals surface area contributed by atoms with Crippen molar-refractivity contribution >= 4 is 11.6 Å². The van der Waals surface area contributed by atoms with Crippen molar-refractivity contribution in [2.45, 2.75) is 5.50 Å². The molecule has 1 atom stereocenters. The molecule has 0 N–H and O–H groups in total. The van der Waals surface area contributed by atoms with Crippen LogP contribution in [-0.2, 0) is 0 Å². The molecule has 72 valence electrons. The Kier molecular flexibility index (Phi) is 3.58. The molecular weight excluding hydrogens is 186 g/mol. The van der Waals surface area contributed by atoms with Gasteiger partial charge < -0.3 is 4.74 Å². The molecule has 0 bridgehead atoms. The Morgan fingerprint density at radius 1 is 1.38 bits per heavy atom. The normalized spacial score (nSPS) is 13.0. The van der Waals surface area contributed by atoms with E-state index in [1.807, 2.05) is 43.3 Å². The molecule has 0 heterocycles. The Morgan fingerprint density at radius 3 is 2.62 bits per heavy atom. The first-order valence-electron chi connectivity index (χ1n) is 4.09. The van der Waals surface area contributed by atoms with Gasteiger partial charge in [0.15, 0.2) is 0 Å². The van der Waals surface area contributed by atoms with E-state index < -0.39 is 0 Å². The van der Waals surface area contributed by atoms with Crippen LogP contribution in [0.3, 0.4) is 0 Å². The zero-order chi connectivity index (χ0) is 9.84. The minimum atomic E-state index is -0.102. The first kappa shape index (κ1) is 10.4. The fourth-order valence-corrected chi connectivity index (χ4v) is 1.22. The number of hydrogen-bond donors (Lipinski definition) is 0. The van der Waals surface area contributed by atoms with Crippen LogP contribution in [0.5, 0.6) is 5.75 Å². The summed E-state index contributed by atoms with van der Waals surface area (Å²) in [5.41, 5.74) is 0.945. The van der Waals surface area contributed by atoms with Gasteiger partial charge in [-0.25, -0.2) is 0 Å². The van der Waals surface area contributed by atoms with Crippen LogP contribution in [0, 0.1) is 0 Å². The second-order valence-electron chi connectivity index (χ2n) is 3.08. The summed E-state index contributed by atoms with van der Waals surface area (Å²) in [6.07, 6.45) is 0. The fourth-order valence-electron chi connectivity index (χ4n) is 1.09. The monoisotopic (exact) mass is 199 g/mol. The maximum atomic E-state index is 6.14. The summed E-state index contributed by atoms with van der Waals surface area (Å²) in [5.74, 6) is 0.838. The first-order valence-corrected chi connectivity index (χ1v) is 4.53. The van der Waals surface area contributed by atoms with Crippen LogP contribution in [-0.4, -0.2) is 26.1 Å². The van der Waals surface area contributed by atoms with Crippen LogP contribution in [0.1, 0.15) is 11.1 Å². The molecule has 0 saturated carbocycles. The predicted octanol–water partition coefficient (Wildman–Crippen LogP) is 2.49. The third-order valence-electron chi connectivity index (χ3n) is 1.82. The summed E-state index contributed by atoms with van der Waals surface area (Å²) in [7, 11) is 5.53. The summed E-state index contributed by atoms with van der Waals surface area (Å²) < 4.78 is 5.11. The molecule has 0 amide bonds. The van der Waals surface area contributed by atoms with Crippen molar-refractivity contribution in [1.29, 1.82) is 0 Å². The van der Waals surface area contributed by atoms with E-state index in [4.69, 9.17) is 16.3 Å². The number of hydrogen-bond acceptors (Lipinski definition) is 2. The quantitative estimate of drug-likeness (QED) is 0.548. The van der Waals surface area contributed by atoms with Crippen LogP contribution in [0.25, 0.3) is 0 Å². The van der Waals surface area contributed by atoms with Gasteiger partial charge in [-0.15, -0.1) is 11.6 Å². The molecule has 3 heteroatoms. The van der Waals surface area contributed by atoms with Gasteiger partial charge >= 0.3 is 0 Å². The van der Waals surface area contributed by atoms with Gasteiger partial charge in [0.05, 0.1) is 7.11 Å². The lowest BCUT2D eigenvalue weighted by Crippen LogP contribution is -2.14. The molecule has 1 unspecified atom stereocenters. The minimum absolute atomic E-state index is 0.102. The molecule has 0 spiro atoms. The van der Waals surface area contributed by atoms with Crippen LogP contribution in [0.15, 0.2) is 24.3 Å². The minimum Gasteiger partial charge on any atom is -0.497 e. The molecule has 1 aromatic rings. The maximum Gasteiger partial charge on any atom is 0.119 e. The van der Waals surface area contributed by atoms with E-state index in [-0.39, 0.29) is 5.50 Å². The van der Waals surface area contributed by atoms with E-state index >= 15 is 0 Å². The summed E-state index contributed by atoms with van der Waals surface area (Å²) in [5, 5.41) is 0. The molecule has 1 aromatic carbocycles. The van der Waals surface area contributed by atoms with Crippen molar-refractivity contribution in [3.05, 3.63) is 29.8 Å². The Bertz CT molecular complexity index is 275. The molecule has 0 fully saturated rings. The SMILES string of the molecule is COc1cccc(C(Cl)N(C)C)c1. The molecule has 0 aromatic heterocycles. The van der Waals surface area contributed by atoms with Crippen molar-refractivity contribution in [3.63, 3.8) is 0 Å². The fraction of sp³-hybridized carbons (Fsp3) is 0.400. The van der Waals surface area contributed by atoms with Gasteiger partial charge in [0.25, 0.3) is 0 Å². The lowest BCUT2D eigenvalue weighted by atomic mass is 10.2. The van der Waals surface area contributed by atoms with Crippen LogP contribution in [0.4, 0.5) is 0 Å². The first-order chi connectivity index (χ1) is 6.15. The molecular formula is C10H14ClNO. The van der Waals surface area contributed by atoms with Crippen LogP contribution < -0.4 is 4.74 Å². The van der Waals surface area contributed by atoms with Gasteiger partial charge in [-0.05, 0) is 31.8 Å². The van der Waals surface area contributed by atoms with Crippen molar-refractivity contribution in [1.82, 2.24) is 4.90 Å². The van der Waals surface area contributed by atoms with E-state index in [1.54, 1.807) is 7.11 Å².